The molecular weight excluding hydrogens is 306 g/mol. The van der Waals surface area contributed by atoms with Gasteiger partial charge < -0.3 is 15.6 Å². The third-order valence-electron chi connectivity index (χ3n) is 4.40. The molecule has 2 atom stereocenters. The number of nitrogens with two attached hydrogens (primary N) is 1. The highest BCUT2D eigenvalue weighted by Gasteiger charge is 2.50. The summed E-state index contributed by atoms with van der Waals surface area (Å²) in [6, 6.07) is 7.87. The van der Waals surface area contributed by atoms with Crippen LogP contribution in [-0.2, 0) is 10.3 Å². The molecule has 1 aromatic carbocycles. The van der Waals surface area contributed by atoms with Crippen LogP contribution in [0.3, 0.4) is 0 Å². The van der Waals surface area contributed by atoms with Gasteiger partial charge in [-0.2, -0.15) is 0 Å². The first-order valence-electron chi connectivity index (χ1n) is 6.84. The molecule has 4 heteroatoms. The molecule has 0 spiro atoms. The van der Waals surface area contributed by atoms with Crippen LogP contribution in [0.4, 0.5) is 0 Å². The predicted molar refractivity (Wildman–Crippen MR) is 79.9 cm³/mol. The summed E-state index contributed by atoms with van der Waals surface area (Å²) in [5.74, 6) is 0. The van der Waals surface area contributed by atoms with Crippen molar-refractivity contribution in [2.75, 3.05) is 19.8 Å². The summed E-state index contributed by atoms with van der Waals surface area (Å²) in [6.07, 6.45) is 2.48. The smallest absolute Gasteiger partial charge is 0.0984 e. The lowest BCUT2D eigenvalue weighted by Gasteiger charge is -2.49. The van der Waals surface area contributed by atoms with Crippen molar-refractivity contribution in [2.24, 2.45) is 11.1 Å². The number of halogens is 1. The summed E-state index contributed by atoms with van der Waals surface area (Å²) in [7, 11) is 0. The van der Waals surface area contributed by atoms with E-state index in [1.807, 2.05) is 31.2 Å². The standard InChI is InChI=1S/C15H22BrNO2/c1-2-15(18,12-5-3-6-13(16)9-12)14(10-17)7-4-8-19-11-14/h3,5-6,9,18H,2,4,7-8,10-11,17H2,1H3. The summed E-state index contributed by atoms with van der Waals surface area (Å²) in [5.41, 5.74) is 5.61. The molecule has 0 saturated carbocycles. The van der Waals surface area contributed by atoms with Gasteiger partial charge in [-0.25, -0.2) is 0 Å². The molecule has 0 aromatic heterocycles. The number of aliphatic hydroxyl groups is 1. The van der Waals surface area contributed by atoms with Crippen LogP contribution in [0.15, 0.2) is 28.7 Å². The van der Waals surface area contributed by atoms with Crippen molar-refractivity contribution in [1.82, 2.24) is 0 Å². The Morgan fingerprint density at radius 3 is 2.84 bits per heavy atom. The highest BCUT2D eigenvalue weighted by molar-refractivity contribution is 9.10. The van der Waals surface area contributed by atoms with E-state index >= 15 is 0 Å². The van der Waals surface area contributed by atoms with E-state index in [9.17, 15) is 5.11 Å². The molecule has 1 aliphatic rings. The van der Waals surface area contributed by atoms with Gasteiger partial charge in [0.05, 0.1) is 12.2 Å². The SMILES string of the molecule is CCC(O)(c1cccc(Br)c1)C1(CN)CCCOC1. The lowest BCUT2D eigenvalue weighted by atomic mass is 9.64. The lowest BCUT2D eigenvalue weighted by molar-refractivity contribution is -0.151. The van der Waals surface area contributed by atoms with Crippen LogP contribution < -0.4 is 5.73 Å². The molecule has 1 fully saturated rings. The minimum Gasteiger partial charge on any atom is -0.384 e. The fourth-order valence-corrected chi connectivity index (χ4v) is 3.54. The maximum atomic E-state index is 11.3. The molecule has 0 amide bonds. The number of rotatable bonds is 4. The minimum atomic E-state index is -0.939. The van der Waals surface area contributed by atoms with Crippen molar-refractivity contribution < 1.29 is 9.84 Å². The normalized spacial score (nSPS) is 26.9. The van der Waals surface area contributed by atoms with E-state index in [-0.39, 0.29) is 5.41 Å². The summed E-state index contributed by atoms with van der Waals surface area (Å²) >= 11 is 3.47. The second kappa shape index (κ2) is 5.92. The Kier molecular flexibility index (Phi) is 4.66. The second-order valence-corrected chi connectivity index (χ2v) is 6.28. The Balaban J connectivity index is 2.45. The lowest BCUT2D eigenvalue weighted by Crippen LogP contribution is -2.54. The van der Waals surface area contributed by atoms with Gasteiger partial charge in [0.2, 0.25) is 0 Å². The zero-order chi connectivity index (χ0) is 13.9. The molecule has 106 valence electrons. The monoisotopic (exact) mass is 327 g/mol. The predicted octanol–water partition coefficient (Wildman–Crippen LogP) is 2.80. The Morgan fingerprint density at radius 2 is 2.32 bits per heavy atom. The van der Waals surface area contributed by atoms with Crippen LogP contribution in [0, 0.1) is 5.41 Å². The van der Waals surface area contributed by atoms with Crippen LogP contribution in [0.25, 0.3) is 0 Å². The molecular formula is C15H22BrNO2. The van der Waals surface area contributed by atoms with Crippen LogP contribution >= 0.6 is 15.9 Å². The van der Waals surface area contributed by atoms with Crippen LogP contribution in [0.5, 0.6) is 0 Å². The quantitative estimate of drug-likeness (QED) is 0.894. The van der Waals surface area contributed by atoms with Gasteiger partial charge in [0.25, 0.3) is 0 Å². The third kappa shape index (κ3) is 2.59. The molecule has 1 aliphatic heterocycles. The van der Waals surface area contributed by atoms with Crippen molar-refractivity contribution in [1.29, 1.82) is 0 Å². The third-order valence-corrected chi connectivity index (χ3v) is 4.90. The first-order valence-corrected chi connectivity index (χ1v) is 7.63. The molecule has 0 aliphatic carbocycles. The van der Waals surface area contributed by atoms with Gasteiger partial charge >= 0.3 is 0 Å². The summed E-state index contributed by atoms with van der Waals surface area (Å²) in [6.45, 7) is 3.73. The largest absolute Gasteiger partial charge is 0.384 e. The average Bonchev–Trinajstić information content (AvgIpc) is 2.47. The number of hydrogen-bond acceptors (Lipinski definition) is 3. The first-order chi connectivity index (χ1) is 9.08. The van der Waals surface area contributed by atoms with E-state index in [4.69, 9.17) is 10.5 Å². The average molecular weight is 328 g/mol. The van der Waals surface area contributed by atoms with E-state index in [0.29, 0.717) is 19.6 Å². The topological polar surface area (TPSA) is 55.5 Å². The van der Waals surface area contributed by atoms with Crippen molar-refractivity contribution in [3.8, 4) is 0 Å². The molecule has 2 rings (SSSR count). The number of benzene rings is 1. The molecule has 2 unspecified atom stereocenters. The van der Waals surface area contributed by atoms with Crippen molar-refractivity contribution >= 4 is 15.9 Å². The van der Waals surface area contributed by atoms with Crippen molar-refractivity contribution in [3.05, 3.63) is 34.3 Å². The summed E-state index contributed by atoms with van der Waals surface area (Å²) in [5, 5.41) is 11.3. The first kappa shape index (κ1) is 15.0. The van der Waals surface area contributed by atoms with Crippen molar-refractivity contribution in [3.63, 3.8) is 0 Å². The summed E-state index contributed by atoms with van der Waals surface area (Å²) < 4.78 is 6.60. The Bertz CT molecular complexity index is 432. The molecule has 3 nitrogen and oxygen atoms in total. The fraction of sp³-hybridized carbons (Fsp3) is 0.600. The van der Waals surface area contributed by atoms with Gasteiger partial charge in [-0.05, 0) is 37.0 Å². The van der Waals surface area contributed by atoms with Crippen LogP contribution in [0.1, 0.15) is 31.7 Å². The van der Waals surface area contributed by atoms with Gasteiger partial charge in [0, 0.05) is 23.0 Å². The molecule has 3 N–H and O–H groups in total. The second-order valence-electron chi connectivity index (χ2n) is 5.36. The Hall–Kier alpha value is -0.420. The molecule has 0 radical (unpaired) electrons. The highest BCUT2D eigenvalue weighted by atomic mass is 79.9. The summed E-state index contributed by atoms with van der Waals surface area (Å²) in [4.78, 5) is 0. The molecule has 1 aromatic rings. The van der Waals surface area contributed by atoms with Gasteiger partial charge in [0.15, 0.2) is 0 Å². The maximum Gasteiger partial charge on any atom is 0.0984 e. The van der Waals surface area contributed by atoms with Gasteiger partial charge in [0.1, 0.15) is 0 Å². The number of ether oxygens (including phenoxy) is 1. The molecule has 1 saturated heterocycles. The van der Waals surface area contributed by atoms with Gasteiger partial charge in [-0.3, -0.25) is 0 Å². The molecule has 19 heavy (non-hydrogen) atoms. The van der Waals surface area contributed by atoms with Gasteiger partial charge in [-0.15, -0.1) is 0 Å². The Labute approximate surface area is 123 Å². The zero-order valence-corrected chi connectivity index (χ0v) is 12.9. The van der Waals surface area contributed by atoms with E-state index in [1.54, 1.807) is 0 Å². The number of hydrogen-bond donors (Lipinski definition) is 2. The van der Waals surface area contributed by atoms with Crippen molar-refractivity contribution in [2.45, 2.75) is 31.8 Å². The van der Waals surface area contributed by atoms with Crippen LogP contribution in [0.2, 0.25) is 0 Å². The van der Waals surface area contributed by atoms with E-state index in [2.05, 4.69) is 15.9 Å². The molecule has 0 bridgehead atoms. The fourth-order valence-electron chi connectivity index (χ4n) is 3.14. The Morgan fingerprint density at radius 1 is 1.53 bits per heavy atom. The van der Waals surface area contributed by atoms with Crippen LogP contribution in [-0.4, -0.2) is 24.9 Å². The van der Waals surface area contributed by atoms with Gasteiger partial charge in [-0.1, -0.05) is 35.0 Å². The maximum absolute atomic E-state index is 11.3. The zero-order valence-electron chi connectivity index (χ0n) is 11.4. The highest BCUT2D eigenvalue weighted by Crippen LogP contribution is 2.47. The van der Waals surface area contributed by atoms with E-state index < -0.39 is 5.60 Å². The molecule has 1 heterocycles. The van der Waals surface area contributed by atoms with E-state index in [0.717, 1.165) is 29.5 Å². The van der Waals surface area contributed by atoms with E-state index in [1.165, 1.54) is 0 Å². The minimum absolute atomic E-state index is 0.388.